The lowest BCUT2D eigenvalue weighted by atomic mass is 9.98. The summed E-state index contributed by atoms with van der Waals surface area (Å²) in [6.45, 7) is 0. The minimum Gasteiger partial charge on any atom is -0.455 e. The minimum atomic E-state index is 0.836. The van der Waals surface area contributed by atoms with Crippen molar-refractivity contribution < 1.29 is 4.42 Å². The molecule has 0 saturated heterocycles. The Morgan fingerprint density at radius 2 is 1.33 bits per heavy atom. The first-order chi connectivity index (χ1) is 17.8. The summed E-state index contributed by atoms with van der Waals surface area (Å²) in [6.07, 6.45) is 2.05. The maximum atomic E-state index is 6.29. The maximum absolute atomic E-state index is 6.29. The summed E-state index contributed by atoms with van der Waals surface area (Å²) in [5.41, 5.74) is 5.95. The fourth-order valence-corrected chi connectivity index (χ4v) is 5.34. The zero-order valence-corrected chi connectivity index (χ0v) is 19.2. The van der Waals surface area contributed by atoms with E-state index >= 15 is 0 Å². The lowest BCUT2D eigenvalue weighted by Crippen LogP contribution is -1.90. The number of hydrogen-bond acceptors (Lipinski definition) is 3. The number of rotatable bonds is 2. The highest BCUT2D eigenvalue weighted by atomic mass is 16.3. The lowest BCUT2D eigenvalue weighted by molar-refractivity contribution is 0.670. The van der Waals surface area contributed by atoms with Gasteiger partial charge in [0.25, 0.3) is 0 Å². The van der Waals surface area contributed by atoms with Crippen LogP contribution in [0.15, 0.2) is 120 Å². The molecule has 0 N–H and O–H groups in total. The maximum Gasteiger partial charge on any atom is 0.168 e. The fraction of sp³-hybridized carbons (Fsp3) is 0. The van der Waals surface area contributed by atoms with Gasteiger partial charge >= 0.3 is 0 Å². The van der Waals surface area contributed by atoms with Gasteiger partial charge in [0.05, 0.1) is 0 Å². The van der Waals surface area contributed by atoms with Crippen LogP contribution in [0, 0.1) is 0 Å². The van der Waals surface area contributed by atoms with Gasteiger partial charge in [-0.2, -0.15) is 0 Å². The predicted molar refractivity (Wildman–Crippen MR) is 146 cm³/mol. The topological polar surface area (TPSA) is 43.3 Å². The van der Waals surface area contributed by atoms with E-state index in [4.69, 9.17) is 4.42 Å². The third-order valence-corrected chi connectivity index (χ3v) is 7.11. The first-order valence-corrected chi connectivity index (χ1v) is 12.0. The first-order valence-electron chi connectivity index (χ1n) is 12.0. The number of pyridine rings is 1. The Kier molecular flexibility index (Phi) is 3.91. The molecule has 168 valence electrons. The van der Waals surface area contributed by atoms with Gasteiger partial charge < -0.3 is 4.42 Å². The third kappa shape index (κ3) is 2.75. The zero-order chi connectivity index (χ0) is 23.6. The molecular weight excluding hydrogens is 442 g/mol. The summed E-state index contributed by atoms with van der Waals surface area (Å²) in [5, 5.41) is 16.0. The average Bonchev–Trinajstić information content (AvgIpc) is 3.54. The van der Waals surface area contributed by atoms with Crippen molar-refractivity contribution in [2.45, 2.75) is 0 Å². The number of fused-ring (bicyclic) bond motifs is 7. The summed E-state index contributed by atoms with van der Waals surface area (Å²) < 4.78 is 8.37. The van der Waals surface area contributed by atoms with Crippen LogP contribution in [0.3, 0.4) is 0 Å². The standard InChI is InChI=1S/C32H19N3O/c1-2-7-26-21(6-1)16-17-35-31(33-34-32(26)35)23-15-13-20-12-14-22(18-24(20)19-23)25-9-5-10-28-27-8-3-4-11-29(27)36-30(25)28/h1-19H. The van der Waals surface area contributed by atoms with Crippen LogP contribution in [-0.2, 0) is 0 Å². The first kappa shape index (κ1) is 19.4. The van der Waals surface area contributed by atoms with E-state index in [0.717, 1.165) is 66.3 Å². The highest BCUT2D eigenvalue weighted by Crippen LogP contribution is 2.37. The monoisotopic (exact) mass is 461 g/mol. The van der Waals surface area contributed by atoms with Crippen molar-refractivity contribution >= 4 is 49.1 Å². The average molecular weight is 462 g/mol. The van der Waals surface area contributed by atoms with Gasteiger partial charge in [-0.15, -0.1) is 10.2 Å². The summed E-state index contributed by atoms with van der Waals surface area (Å²) in [6, 6.07) is 38.0. The molecule has 5 aromatic carbocycles. The van der Waals surface area contributed by atoms with Gasteiger partial charge in [-0.1, -0.05) is 84.9 Å². The second kappa shape index (κ2) is 7.27. The second-order valence-electron chi connectivity index (χ2n) is 9.18. The lowest BCUT2D eigenvalue weighted by Gasteiger charge is -2.07. The summed E-state index contributed by atoms with van der Waals surface area (Å²) in [7, 11) is 0. The number of aromatic nitrogens is 3. The molecule has 0 amide bonds. The second-order valence-corrected chi connectivity index (χ2v) is 9.18. The molecule has 4 heteroatoms. The molecule has 4 nitrogen and oxygen atoms in total. The highest BCUT2D eigenvalue weighted by Gasteiger charge is 2.14. The number of nitrogens with zero attached hydrogens (tertiary/aromatic N) is 3. The molecule has 0 spiro atoms. The smallest absolute Gasteiger partial charge is 0.168 e. The third-order valence-electron chi connectivity index (χ3n) is 7.11. The largest absolute Gasteiger partial charge is 0.455 e. The van der Waals surface area contributed by atoms with E-state index in [0.29, 0.717) is 0 Å². The molecule has 0 bridgehead atoms. The van der Waals surface area contributed by atoms with E-state index in [1.165, 1.54) is 5.39 Å². The molecule has 3 aromatic heterocycles. The molecule has 0 fully saturated rings. The Hall–Kier alpha value is -4.96. The Bertz CT molecular complexity index is 2120. The van der Waals surface area contributed by atoms with Crippen LogP contribution in [0.4, 0.5) is 0 Å². The van der Waals surface area contributed by atoms with Gasteiger partial charge in [-0.3, -0.25) is 4.40 Å². The van der Waals surface area contributed by atoms with Gasteiger partial charge in [-0.25, -0.2) is 0 Å². The van der Waals surface area contributed by atoms with Crippen molar-refractivity contribution in [3.63, 3.8) is 0 Å². The molecule has 0 atom stereocenters. The highest BCUT2D eigenvalue weighted by molar-refractivity contribution is 6.10. The number of benzene rings is 5. The van der Waals surface area contributed by atoms with Crippen LogP contribution in [-0.4, -0.2) is 14.6 Å². The van der Waals surface area contributed by atoms with Gasteiger partial charge in [0.2, 0.25) is 0 Å². The normalized spacial score (nSPS) is 11.9. The van der Waals surface area contributed by atoms with E-state index in [1.807, 2.05) is 24.3 Å². The molecule has 0 unspecified atom stereocenters. The SMILES string of the molecule is c1ccc2c(c1)ccn1c(-c3ccc4ccc(-c5cccc6c5oc5ccccc56)cc4c3)nnc21. The van der Waals surface area contributed by atoms with E-state index in [-0.39, 0.29) is 0 Å². The van der Waals surface area contributed by atoms with E-state index in [1.54, 1.807) is 0 Å². The van der Waals surface area contributed by atoms with Crippen molar-refractivity contribution in [1.82, 2.24) is 14.6 Å². The molecule has 0 radical (unpaired) electrons. The Labute approximate surface area is 206 Å². The van der Waals surface area contributed by atoms with Crippen LogP contribution in [0.2, 0.25) is 0 Å². The Morgan fingerprint density at radius 3 is 2.28 bits per heavy atom. The fourth-order valence-electron chi connectivity index (χ4n) is 5.34. The van der Waals surface area contributed by atoms with Crippen LogP contribution >= 0.6 is 0 Å². The zero-order valence-electron chi connectivity index (χ0n) is 19.2. The van der Waals surface area contributed by atoms with E-state index < -0.39 is 0 Å². The molecule has 0 saturated carbocycles. The van der Waals surface area contributed by atoms with Crippen LogP contribution in [0.25, 0.3) is 71.6 Å². The molecular formula is C32H19N3O. The van der Waals surface area contributed by atoms with Gasteiger partial charge in [0, 0.05) is 33.5 Å². The Balaban J connectivity index is 1.30. The molecule has 3 heterocycles. The molecule has 0 aliphatic carbocycles. The minimum absolute atomic E-state index is 0.836. The van der Waals surface area contributed by atoms with Crippen molar-refractivity contribution in [1.29, 1.82) is 0 Å². The predicted octanol–water partition coefficient (Wildman–Crippen LogP) is 8.27. The quantitative estimate of drug-likeness (QED) is 0.260. The van der Waals surface area contributed by atoms with E-state index in [9.17, 15) is 0 Å². The molecule has 8 aromatic rings. The summed E-state index contributed by atoms with van der Waals surface area (Å²) in [4.78, 5) is 0. The van der Waals surface area contributed by atoms with Crippen molar-refractivity contribution in [2.24, 2.45) is 0 Å². The molecule has 0 aliphatic rings. The van der Waals surface area contributed by atoms with Gasteiger partial charge in [-0.05, 0) is 46.0 Å². The molecule has 36 heavy (non-hydrogen) atoms. The molecule has 8 rings (SSSR count). The molecule has 0 aliphatic heterocycles. The van der Waals surface area contributed by atoms with Crippen LogP contribution in [0.5, 0.6) is 0 Å². The van der Waals surface area contributed by atoms with Gasteiger partial charge in [0.1, 0.15) is 11.2 Å². The number of hydrogen-bond donors (Lipinski definition) is 0. The van der Waals surface area contributed by atoms with Crippen LogP contribution in [0.1, 0.15) is 0 Å². The number of para-hydroxylation sites is 2. The van der Waals surface area contributed by atoms with Crippen LogP contribution < -0.4 is 0 Å². The van der Waals surface area contributed by atoms with Crippen molar-refractivity contribution in [3.05, 3.63) is 115 Å². The summed E-state index contributed by atoms with van der Waals surface area (Å²) in [5.74, 6) is 0.836. The number of furan rings is 1. The Morgan fingerprint density at radius 1 is 0.556 bits per heavy atom. The van der Waals surface area contributed by atoms with Gasteiger partial charge in [0.15, 0.2) is 11.5 Å². The van der Waals surface area contributed by atoms with Crippen molar-refractivity contribution in [3.8, 4) is 22.5 Å². The van der Waals surface area contributed by atoms with Crippen molar-refractivity contribution in [2.75, 3.05) is 0 Å². The summed E-state index contributed by atoms with van der Waals surface area (Å²) >= 11 is 0. The van der Waals surface area contributed by atoms with E-state index in [2.05, 4.69) is 106 Å².